The fraction of sp³-hybridized carbons (Fsp3) is 0.583. The van der Waals surface area contributed by atoms with E-state index in [1.54, 1.807) is 0 Å². The number of likely N-dealkylation sites (tertiary alicyclic amines) is 1. The number of nitrogens with one attached hydrogen (secondary N) is 1. The number of anilines is 1. The van der Waals surface area contributed by atoms with Crippen LogP contribution in [0.25, 0.3) is 0 Å². The molecule has 0 spiro atoms. The summed E-state index contributed by atoms with van der Waals surface area (Å²) in [4.78, 5) is 25.2. The maximum atomic E-state index is 12.4. The van der Waals surface area contributed by atoms with Crippen LogP contribution >= 0.6 is 0 Å². The molecule has 5 N–H and O–H groups in total. The molecule has 2 aliphatic rings. The number of nitrogens with two attached hydrogens (primary N) is 2. The number of rotatable bonds is 3. The second kappa shape index (κ2) is 4.25. The molecule has 1 aromatic rings. The van der Waals surface area contributed by atoms with Gasteiger partial charge >= 0.3 is 0 Å². The van der Waals surface area contributed by atoms with E-state index in [-0.39, 0.29) is 11.6 Å². The zero-order chi connectivity index (χ0) is 13.6. The van der Waals surface area contributed by atoms with Crippen molar-refractivity contribution in [1.29, 1.82) is 0 Å². The molecule has 0 radical (unpaired) electrons. The molecule has 19 heavy (non-hydrogen) atoms. The Hall–Kier alpha value is -2.05. The summed E-state index contributed by atoms with van der Waals surface area (Å²) in [5.41, 5.74) is 12.8. The SMILES string of the molecule is NC(=O)C1CCCN1C(=O)c1n[nH]c(C2CC2)c1N. The Kier molecular flexibility index (Phi) is 2.69. The van der Waals surface area contributed by atoms with E-state index in [0.717, 1.165) is 25.0 Å². The Bertz CT molecular complexity index is 534. The molecular formula is C12H17N5O2. The van der Waals surface area contributed by atoms with Gasteiger partial charge in [-0.2, -0.15) is 5.10 Å². The van der Waals surface area contributed by atoms with Crippen LogP contribution < -0.4 is 11.5 Å². The van der Waals surface area contributed by atoms with Crippen LogP contribution in [-0.2, 0) is 4.79 Å². The normalized spacial score (nSPS) is 22.7. The topological polar surface area (TPSA) is 118 Å². The molecule has 1 saturated carbocycles. The van der Waals surface area contributed by atoms with Crippen LogP contribution in [0, 0.1) is 0 Å². The van der Waals surface area contributed by atoms with Gasteiger partial charge in [-0.1, -0.05) is 0 Å². The van der Waals surface area contributed by atoms with Crippen LogP contribution in [0.2, 0.25) is 0 Å². The average molecular weight is 263 g/mol. The van der Waals surface area contributed by atoms with Crippen LogP contribution in [0.5, 0.6) is 0 Å². The van der Waals surface area contributed by atoms with Gasteiger partial charge in [0.2, 0.25) is 5.91 Å². The molecule has 7 heteroatoms. The third-order valence-corrected chi connectivity index (χ3v) is 3.86. The molecule has 1 aliphatic heterocycles. The minimum Gasteiger partial charge on any atom is -0.395 e. The van der Waals surface area contributed by atoms with Gasteiger partial charge in [-0.3, -0.25) is 14.7 Å². The highest BCUT2D eigenvalue weighted by Gasteiger charge is 2.37. The molecule has 1 atom stereocenters. The fourth-order valence-corrected chi connectivity index (χ4v) is 2.65. The van der Waals surface area contributed by atoms with Crippen molar-refractivity contribution >= 4 is 17.5 Å². The molecule has 1 unspecified atom stereocenters. The van der Waals surface area contributed by atoms with Crippen LogP contribution in [0.3, 0.4) is 0 Å². The van der Waals surface area contributed by atoms with Gasteiger partial charge in [0.05, 0.1) is 11.4 Å². The molecule has 2 heterocycles. The van der Waals surface area contributed by atoms with Gasteiger partial charge in [-0.05, 0) is 25.7 Å². The minimum absolute atomic E-state index is 0.218. The van der Waals surface area contributed by atoms with Gasteiger partial charge in [0, 0.05) is 12.5 Å². The lowest BCUT2D eigenvalue weighted by Crippen LogP contribution is -2.44. The number of carbonyl (C=O) groups excluding carboxylic acids is 2. The van der Waals surface area contributed by atoms with Crippen molar-refractivity contribution in [2.24, 2.45) is 5.73 Å². The maximum Gasteiger partial charge on any atom is 0.277 e. The Morgan fingerprint density at radius 2 is 2.05 bits per heavy atom. The molecule has 2 amide bonds. The second-order valence-electron chi connectivity index (χ2n) is 5.23. The number of H-pyrrole nitrogens is 1. The summed E-state index contributed by atoms with van der Waals surface area (Å²) in [5.74, 6) is -0.371. The van der Waals surface area contributed by atoms with Crippen LogP contribution in [0.15, 0.2) is 0 Å². The Balaban J connectivity index is 1.85. The molecule has 1 saturated heterocycles. The third-order valence-electron chi connectivity index (χ3n) is 3.86. The average Bonchev–Trinajstić information content (AvgIpc) is 2.96. The van der Waals surface area contributed by atoms with E-state index in [1.165, 1.54) is 4.90 Å². The third kappa shape index (κ3) is 1.94. The zero-order valence-corrected chi connectivity index (χ0v) is 10.6. The summed E-state index contributed by atoms with van der Waals surface area (Å²) in [5, 5.41) is 6.87. The summed E-state index contributed by atoms with van der Waals surface area (Å²) >= 11 is 0. The molecule has 7 nitrogen and oxygen atoms in total. The number of amides is 2. The Morgan fingerprint density at radius 3 is 2.68 bits per heavy atom. The number of hydrogen-bond acceptors (Lipinski definition) is 4. The lowest BCUT2D eigenvalue weighted by atomic mass is 10.2. The van der Waals surface area contributed by atoms with E-state index < -0.39 is 11.9 Å². The van der Waals surface area contributed by atoms with Crippen molar-refractivity contribution in [3.05, 3.63) is 11.4 Å². The summed E-state index contributed by atoms with van der Waals surface area (Å²) in [6, 6.07) is -0.534. The van der Waals surface area contributed by atoms with Gasteiger partial charge in [-0.15, -0.1) is 0 Å². The van der Waals surface area contributed by atoms with Crippen LogP contribution in [0.4, 0.5) is 5.69 Å². The number of aromatic amines is 1. The molecule has 1 aliphatic carbocycles. The predicted molar refractivity (Wildman–Crippen MR) is 68.2 cm³/mol. The number of nitrogens with zero attached hydrogens (tertiary/aromatic N) is 2. The zero-order valence-electron chi connectivity index (χ0n) is 10.6. The number of nitrogen functional groups attached to an aromatic ring is 1. The molecule has 0 aromatic carbocycles. The first kappa shape index (κ1) is 12.0. The monoisotopic (exact) mass is 263 g/mol. The fourth-order valence-electron chi connectivity index (χ4n) is 2.65. The largest absolute Gasteiger partial charge is 0.395 e. The summed E-state index contributed by atoms with van der Waals surface area (Å²) in [6.45, 7) is 0.525. The smallest absolute Gasteiger partial charge is 0.277 e. The lowest BCUT2D eigenvalue weighted by Gasteiger charge is -2.21. The first-order chi connectivity index (χ1) is 9.09. The Labute approximate surface area is 110 Å². The van der Waals surface area contributed by atoms with Crippen LogP contribution in [-0.4, -0.2) is 39.5 Å². The standard InChI is InChI=1S/C12H17N5O2/c13-8-9(6-3-4-6)15-16-10(8)12(19)17-5-1-2-7(17)11(14)18/h6-7H,1-5,13H2,(H2,14,18)(H,15,16). The first-order valence-electron chi connectivity index (χ1n) is 6.53. The van der Waals surface area contributed by atoms with E-state index in [4.69, 9.17) is 11.5 Å². The van der Waals surface area contributed by atoms with E-state index in [1.807, 2.05) is 0 Å². The summed E-state index contributed by atoms with van der Waals surface area (Å²) < 4.78 is 0. The Morgan fingerprint density at radius 1 is 1.32 bits per heavy atom. The van der Waals surface area contributed by atoms with Crippen molar-refractivity contribution in [2.75, 3.05) is 12.3 Å². The number of carbonyl (C=O) groups is 2. The predicted octanol–water partition coefficient (Wildman–Crippen LogP) is -0.0408. The second-order valence-corrected chi connectivity index (χ2v) is 5.23. The van der Waals surface area contributed by atoms with Crippen molar-refractivity contribution in [3.63, 3.8) is 0 Å². The van der Waals surface area contributed by atoms with E-state index in [0.29, 0.717) is 24.6 Å². The van der Waals surface area contributed by atoms with Crippen molar-refractivity contribution in [3.8, 4) is 0 Å². The van der Waals surface area contributed by atoms with Gasteiger partial charge in [0.15, 0.2) is 5.69 Å². The van der Waals surface area contributed by atoms with Gasteiger partial charge in [0.1, 0.15) is 6.04 Å². The molecule has 0 bridgehead atoms. The minimum atomic E-state index is -0.534. The summed E-state index contributed by atoms with van der Waals surface area (Å²) in [6.07, 6.45) is 3.54. The first-order valence-corrected chi connectivity index (χ1v) is 6.53. The molecule has 3 rings (SSSR count). The van der Waals surface area contributed by atoms with Crippen molar-refractivity contribution in [2.45, 2.75) is 37.6 Å². The van der Waals surface area contributed by atoms with Crippen molar-refractivity contribution in [1.82, 2.24) is 15.1 Å². The van der Waals surface area contributed by atoms with Gasteiger partial charge in [0.25, 0.3) is 5.91 Å². The highest BCUT2D eigenvalue weighted by atomic mass is 16.2. The number of aromatic nitrogens is 2. The van der Waals surface area contributed by atoms with Crippen LogP contribution in [0.1, 0.15) is 47.8 Å². The van der Waals surface area contributed by atoms with Gasteiger partial charge in [-0.25, -0.2) is 0 Å². The number of primary amides is 1. The highest BCUT2D eigenvalue weighted by Crippen LogP contribution is 2.42. The highest BCUT2D eigenvalue weighted by molar-refractivity contribution is 6.00. The maximum absolute atomic E-state index is 12.4. The molecule has 102 valence electrons. The quantitative estimate of drug-likeness (QED) is 0.709. The summed E-state index contributed by atoms with van der Waals surface area (Å²) in [7, 11) is 0. The van der Waals surface area contributed by atoms with E-state index in [9.17, 15) is 9.59 Å². The molecule has 1 aromatic heterocycles. The number of hydrogen-bond donors (Lipinski definition) is 3. The van der Waals surface area contributed by atoms with E-state index >= 15 is 0 Å². The molecular weight excluding hydrogens is 246 g/mol. The lowest BCUT2D eigenvalue weighted by molar-refractivity contribution is -0.121. The molecule has 2 fully saturated rings. The van der Waals surface area contributed by atoms with Crippen molar-refractivity contribution < 1.29 is 9.59 Å². The van der Waals surface area contributed by atoms with Gasteiger partial charge < -0.3 is 16.4 Å². The van der Waals surface area contributed by atoms with E-state index in [2.05, 4.69) is 10.2 Å².